The summed E-state index contributed by atoms with van der Waals surface area (Å²) in [5.74, 6) is -0.205. The first-order chi connectivity index (χ1) is 15.1. The van der Waals surface area contributed by atoms with Crippen molar-refractivity contribution in [2.24, 2.45) is 0 Å². The number of rotatable bonds is 7. The fourth-order valence-electron chi connectivity index (χ4n) is 3.19. The molecule has 0 aliphatic carbocycles. The fraction of sp³-hybridized carbons (Fsp3) is 0.200. The molecule has 2 heterocycles. The summed E-state index contributed by atoms with van der Waals surface area (Å²) in [7, 11) is 0. The van der Waals surface area contributed by atoms with E-state index >= 15 is 0 Å². The van der Waals surface area contributed by atoms with Crippen LogP contribution < -0.4 is 10.2 Å². The van der Waals surface area contributed by atoms with E-state index in [2.05, 4.69) is 0 Å². The van der Waals surface area contributed by atoms with Crippen LogP contribution >= 0.6 is 0 Å². The predicted molar refractivity (Wildman–Crippen MR) is 116 cm³/mol. The number of esters is 1. The van der Waals surface area contributed by atoms with E-state index in [4.69, 9.17) is 18.3 Å². The average Bonchev–Trinajstić information content (AvgIpc) is 3.34. The van der Waals surface area contributed by atoms with Crippen molar-refractivity contribution < 1.29 is 23.1 Å². The maximum Gasteiger partial charge on any atom is 0.347 e. The minimum absolute atomic E-state index is 0.0835. The van der Waals surface area contributed by atoms with Crippen molar-refractivity contribution in [3.8, 4) is 17.3 Å². The zero-order valence-corrected chi connectivity index (χ0v) is 17.3. The molecule has 2 aromatic carbocycles. The maximum absolute atomic E-state index is 13.3. The van der Waals surface area contributed by atoms with E-state index in [1.54, 1.807) is 24.3 Å². The van der Waals surface area contributed by atoms with E-state index in [1.165, 1.54) is 13.2 Å². The van der Waals surface area contributed by atoms with Gasteiger partial charge in [0.15, 0.2) is 11.9 Å². The third-order valence-electron chi connectivity index (χ3n) is 4.92. The molecule has 0 aliphatic rings. The van der Waals surface area contributed by atoms with Crippen molar-refractivity contribution >= 4 is 16.9 Å². The van der Waals surface area contributed by atoms with Crippen molar-refractivity contribution in [2.45, 2.75) is 33.0 Å². The Balaban J connectivity index is 1.66. The second-order valence-electron chi connectivity index (χ2n) is 7.10. The Kier molecular flexibility index (Phi) is 5.89. The van der Waals surface area contributed by atoms with Crippen LogP contribution in [0.4, 0.5) is 0 Å². The molecule has 158 valence electrons. The van der Waals surface area contributed by atoms with Gasteiger partial charge in [0.05, 0.1) is 11.6 Å². The SMILES string of the molecule is CCc1ccc2oc(-c3ccco3)c(OC(C)C(=O)OCc3ccccc3)c(=O)c2c1. The van der Waals surface area contributed by atoms with Crippen LogP contribution in [0.5, 0.6) is 5.75 Å². The van der Waals surface area contributed by atoms with E-state index in [0.717, 1.165) is 17.5 Å². The Morgan fingerprint density at radius 3 is 2.55 bits per heavy atom. The number of carbonyl (C=O) groups is 1. The number of benzene rings is 2. The van der Waals surface area contributed by atoms with E-state index in [1.807, 2.05) is 43.3 Å². The minimum Gasteiger partial charge on any atom is -0.471 e. The summed E-state index contributed by atoms with van der Waals surface area (Å²) in [6.07, 6.45) is 1.22. The highest BCUT2D eigenvalue weighted by Gasteiger charge is 2.25. The first-order valence-corrected chi connectivity index (χ1v) is 10.1. The molecule has 4 aromatic rings. The van der Waals surface area contributed by atoms with E-state index in [0.29, 0.717) is 16.7 Å². The summed E-state index contributed by atoms with van der Waals surface area (Å²) in [6.45, 7) is 3.65. The lowest BCUT2D eigenvalue weighted by Gasteiger charge is -2.16. The highest BCUT2D eigenvalue weighted by molar-refractivity contribution is 5.82. The molecule has 0 aliphatic heterocycles. The number of aryl methyl sites for hydroxylation is 1. The first-order valence-electron chi connectivity index (χ1n) is 10.1. The molecule has 1 unspecified atom stereocenters. The molecule has 0 saturated carbocycles. The third-order valence-corrected chi connectivity index (χ3v) is 4.92. The number of furan rings is 1. The quantitative estimate of drug-likeness (QED) is 0.387. The molecule has 6 heteroatoms. The number of fused-ring (bicyclic) bond motifs is 1. The topological polar surface area (TPSA) is 78.9 Å². The van der Waals surface area contributed by atoms with Crippen LogP contribution in [0.1, 0.15) is 25.0 Å². The van der Waals surface area contributed by atoms with Crippen LogP contribution in [-0.4, -0.2) is 12.1 Å². The highest BCUT2D eigenvalue weighted by Crippen LogP contribution is 2.32. The largest absolute Gasteiger partial charge is 0.471 e. The molecule has 0 bridgehead atoms. The molecule has 2 aromatic heterocycles. The fourth-order valence-corrected chi connectivity index (χ4v) is 3.19. The van der Waals surface area contributed by atoms with Gasteiger partial charge in [-0.25, -0.2) is 4.79 Å². The maximum atomic E-state index is 13.3. The Hall–Kier alpha value is -3.80. The summed E-state index contributed by atoms with van der Waals surface area (Å²) in [4.78, 5) is 25.8. The van der Waals surface area contributed by atoms with Gasteiger partial charge in [0, 0.05) is 0 Å². The molecule has 31 heavy (non-hydrogen) atoms. The number of carbonyl (C=O) groups excluding carboxylic acids is 1. The molecule has 0 N–H and O–H groups in total. The standard InChI is InChI=1S/C25H22O6/c1-3-17-11-12-20-19(14-17)22(26)24(23(31-20)21-10-7-13-28-21)30-16(2)25(27)29-15-18-8-5-4-6-9-18/h4-14,16H,3,15H2,1-2H3. The van der Waals surface area contributed by atoms with Crippen molar-refractivity contribution in [1.82, 2.24) is 0 Å². The average molecular weight is 418 g/mol. The van der Waals surface area contributed by atoms with Gasteiger partial charge in [0.25, 0.3) is 0 Å². The summed E-state index contributed by atoms with van der Waals surface area (Å²) in [5.41, 5.74) is 1.90. The van der Waals surface area contributed by atoms with Crippen molar-refractivity contribution in [3.63, 3.8) is 0 Å². The van der Waals surface area contributed by atoms with Crippen LogP contribution in [0, 0.1) is 0 Å². The molecular formula is C25H22O6. The van der Waals surface area contributed by atoms with Gasteiger partial charge < -0.3 is 18.3 Å². The molecule has 4 rings (SSSR count). The molecular weight excluding hydrogens is 396 g/mol. The van der Waals surface area contributed by atoms with Gasteiger partial charge in [0.1, 0.15) is 12.2 Å². The van der Waals surface area contributed by atoms with Gasteiger partial charge in [-0.15, -0.1) is 0 Å². The molecule has 0 amide bonds. The zero-order valence-electron chi connectivity index (χ0n) is 17.3. The minimum atomic E-state index is -1.02. The Bertz CT molecular complexity index is 1240. The van der Waals surface area contributed by atoms with Gasteiger partial charge >= 0.3 is 5.97 Å². The molecule has 0 saturated heterocycles. The zero-order chi connectivity index (χ0) is 21.8. The molecule has 0 spiro atoms. The van der Waals surface area contributed by atoms with E-state index in [-0.39, 0.29) is 23.5 Å². The van der Waals surface area contributed by atoms with E-state index in [9.17, 15) is 9.59 Å². The number of ether oxygens (including phenoxy) is 2. The molecule has 0 fully saturated rings. The molecule has 1 atom stereocenters. The monoisotopic (exact) mass is 418 g/mol. The van der Waals surface area contributed by atoms with Crippen LogP contribution in [0.2, 0.25) is 0 Å². The lowest BCUT2D eigenvalue weighted by Crippen LogP contribution is -2.28. The van der Waals surface area contributed by atoms with Crippen molar-refractivity contribution in [2.75, 3.05) is 0 Å². The summed E-state index contributed by atoms with van der Waals surface area (Å²) >= 11 is 0. The van der Waals surface area contributed by atoms with Crippen molar-refractivity contribution in [1.29, 1.82) is 0 Å². The third kappa shape index (κ3) is 4.38. The molecule has 6 nitrogen and oxygen atoms in total. The first kappa shape index (κ1) is 20.5. The van der Waals surface area contributed by atoms with Gasteiger partial charge in [-0.05, 0) is 48.7 Å². The van der Waals surface area contributed by atoms with Crippen molar-refractivity contribution in [3.05, 3.63) is 88.3 Å². The summed E-state index contributed by atoms with van der Waals surface area (Å²) < 4.78 is 22.5. The van der Waals surface area contributed by atoms with Crippen LogP contribution in [0.15, 0.2) is 80.6 Å². The number of hydrogen-bond donors (Lipinski definition) is 0. The van der Waals surface area contributed by atoms with Gasteiger partial charge in [-0.3, -0.25) is 4.79 Å². The summed E-state index contributed by atoms with van der Waals surface area (Å²) in [6, 6.07) is 18.1. The lowest BCUT2D eigenvalue weighted by atomic mass is 10.1. The van der Waals surface area contributed by atoms with Gasteiger partial charge in [-0.2, -0.15) is 0 Å². The van der Waals surface area contributed by atoms with Crippen LogP contribution in [0.25, 0.3) is 22.5 Å². The van der Waals surface area contributed by atoms with Gasteiger partial charge in [-0.1, -0.05) is 43.3 Å². The van der Waals surface area contributed by atoms with Crippen LogP contribution in [-0.2, 0) is 22.6 Å². The second kappa shape index (κ2) is 8.92. The lowest BCUT2D eigenvalue weighted by molar-refractivity contribution is -0.152. The van der Waals surface area contributed by atoms with Crippen LogP contribution in [0.3, 0.4) is 0 Å². The van der Waals surface area contributed by atoms with E-state index < -0.39 is 12.1 Å². The second-order valence-corrected chi connectivity index (χ2v) is 7.10. The highest BCUT2D eigenvalue weighted by atomic mass is 16.6. The smallest absolute Gasteiger partial charge is 0.347 e. The predicted octanol–water partition coefficient (Wildman–Crippen LogP) is 5.13. The number of hydrogen-bond acceptors (Lipinski definition) is 6. The normalized spacial score (nSPS) is 11.9. The molecule has 0 radical (unpaired) electrons. The Morgan fingerprint density at radius 1 is 1.03 bits per heavy atom. The van der Waals surface area contributed by atoms with Gasteiger partial charge in [0.2, 0.25) is 16.9 Å². The Labute approximate surface area is 179 Å². The Morgan fingerprint density at radius 2 is 1.84 bits per heavy atom. The summed E-state index contributed by atoms with van der Waals surface area (Å²) in [5, 5.41) is 0.384.